The first-order valence-corrected chi connectivity index (χ1v) is 10.4. The van der Waals surface area contributed by atoms with E-state index in [0.717, 1.165) is 18.4 Å². The summed E-state index contributed by atoms with van der Waals surface area (Å²) in [4.78, 5) is 18.1. The first-order valence-electron chi connectivity index (χ1n) is 10.4. The van der Waals surface area contributed by atoms with Crippen molar-refractivity contribution in [1.29, 1.82) is 0 Å². The van der Waals surface area contributed by atoms with E-state index in [0.29, 0.717) is 35.9 Å². The molecule has 1 aliphatic rings. The molecule has 31 heavy (non-hydrogen) atoms. The van der Waals surface area contributed by atoms with Crippen LogP contribution in [-0.2, 0) is 13.5 Å². The molecule has 0 bridgehead atoms. The molecule has 3 aromatic rings. The molecule has 2 aromatic carbocycles. The van der Waals surface area contributed by atoms with Crippen LogP contribution in [0.25, 0.3) is 16.7 Å². The van der Waals surface area contributed by atoms with Crippen LogP contribution >= 0.6 is 0 Å². The van der Waals surface area contributed by atoms with E-state index in [1.165, 1.54) is 22.3 Å². The standard InChI is InChI=1S/C25H25FN4O/c1-30-24(31)22(19-9-11-21(26)12-10-19)23(20-13-16-27-17-14-20)29-25(30)28-15-5-8-18-6-3-2-4-7-18/h2-4,6-7,9-14,16,27H,5,8,15,17H2,1H3,(H,28,29). The van der Waals surface area contributed by atoms with Crippen LogP contribution in [0.3, 0.4) is 0 Å². The van der Waals surface area contributed by atoms with Crippen LogP contribution in [0.4, 0.5) is 10.3 Å². The number of nitrogens with one attached hydrogen (secondary N) is 2. The van der Waals surface area contributed by atoms with Gasteiger partial charge in [0.1, 0.15) is 5.82 Å². The highest BCUT2D eigenvalue weighted by Gasteiger charge is 2.19. The van der Waals surface area contributed by atoms with Gasteiger partial charge in [-0.05, 0) is 48.4 Å². The molecular weight excluding hydrogens is 391 g/mol. The van der Waals surface area contributed by atoms with Crippen molar-refractivity contribution in [2.24, 2.45) is 7.05 Å². The van der Waals surface area contributed by atoms with E-state index in [-0.39, 0.29) is 11.4 Å². The first-order chi connectivity index (χ1) is 15.1. The lowest BCUT2D eigenvalue weighted by Crippen LogP contribution is -2.26. The zero-order valence-corrected chi connectivity index (χ0v) is 17.4. The van der Waals surface area contributed by atoms with Gasteiger partial charge in [0.2, 0.25) is 5.95 Å². The highest BCUT2D eigenvalue weighted by atomic mass is 19.1. The minimum Gasteiger partial charge on any atom is -0.387 e. The zero-order valence-electron chi connectivity index (χ0n) is 17.4. The number of allylic oxidation sites excluding steroid dienone is 2. The number of benzene rings is 2. The van der Waals surface area contributed by atoms with Crippen LogP contribution in [0.1, 0.15) is 17.7 Å². The summed E-state index contributed by atoms with van der Waals surface area (Å²) in [5.74, 6) is 0.180. The maximum atomic E-state index is 13.5. The van der Waals surface area contributed by atoms with E-state index in [9.17, 15) is 9.18 Å². The molecule has 0 saturated heterocycles. The van der Waals surface area contributed by atoms with Crippen LogP contribution in [0.15, 0.2) is 77.7 Å². The minimum absolute atomic E-state index is 0.171. The molecule has 0 amide bonds. The summed E-state index contributed by atoms with van der Waals surface area (Å²) < 4.78 is 15.0. The third-order valence-corrected chi connectivity index (χ3v) is 5.29. The molecule has 2 N–H and O–H groups in total. The Balaban J connectivity index is 1.64. The lowest BCUT2D eigenvalue weighted by molar-refractivity contribution is 0.628. The highest BCUT2D eigenvalue weighted by molar-refractivity contribution is 5.84. The SMILES string of the molecule is Cn1c(NCCCc2ccccc2)nc(C2=CCNC=C2)c(-c2ccc(F)cc2)c1=O. The van der Waals surface area contributed by atoms with Crippen LogP contribution in [0.5, 0.6) is 0 Å². The third kappa shape index (κ3) is 4.74. The van der Waals surface area contributed by atoms with Crippen molar-refractivity contribution >= 4 is 11.5 Å². The van der Waals surface area contributed by atoms with Crippen molar-refractivity contribution in [2.45, 2.75) is 12.8 Å². The molecule has 2 heterocycles. The molecule has 0 aliphatic carbocycles. The lowest BCUT2D eigenvalue weighted by Gasteiger charge is -2.17. The largest absolute Gasteiger partial charge is 0.387 e. The zero-order chi connectivity index (χ0) is 21.6. The normalized spacial score (nSPS) is 12.9. The average molecular weight is 417 g/mol. The van der Waals surface area contributed by atoms with Crippen molar-refractivity contribution < 1.29 is 4.39 Å². The predicted octanol–water partition coefficient (Wildman–Crippen LogP) is 4.13. The number of aryl methyl sites for hydroxylation is 1. The van der Waals surface area contributed by atoms with Crippen molar-refractivity contribution in [3.63, 3.8) is 0 Å². The smallest absolute Gasteiger partial charge is 0.263 e. The summed E-state index contributed by atoms with van der Waals surface area (Å²) in [7, 11) is 1.71. The Morgan fingerprint density at radius 3 is 2.61 bits per heavy atom. The molecule has 5 nitrogen and oxygen atoms in total. The second-order valence-corrected chi connectivity index (χ2v) is 7.45. The summed E-state index contributed by atoms with van der Waals surface area (Å²) in [6.07, 6.45) is 7.60. The van der Waals surface area contributed by atoms with E-state index in [4.69, 9.17) is 4.98 Å². The van der Waals surface area contributed by atoms with Gasteiger partial charge in [0.25, 0.3) is 5.56 Å². The fraction of sp³-hybridized carbons (Fsp3) is 0.200. The molecule has 4 rings (SSSR count). The van der Waals surface area contributed by atoms with Crippen LogP contribution in [0.2, 0.25) is 0 Å². The topological polar surface area (TPSA) is 59.0 Å². The van der Waals surface area contributed by atoms with E-state index in [2.05, 4.69) is 22.8 Å². The number of anilines is 1. The van der Waals surface area contributed by atoms with E-state index >= 15 is 0 Å². The Morgan fingerprint density at radius 2 is 1.90 bits per heavy atom. The van der Waals surface area contributed by atoms with Crippen molar-refractivity contribution in [3.05, 3.63) is 100 Å². The number of hydrogen-bond acceptors (Lipinski definition) is 4. The van der Waals surface area contributed by atoms with Gasteiger partial charge in [-0.2, -0.15) is 0 Å². The van der Waals surface area contributed by atoms with Crippen LogP contribution in [0, 0.1) is 5.82 Å². The number of halogens is 1. The summed E-state index contributed by atoms with van der Waals surface area (Å²) in [5, 5.41) is 6.43. The van der Waals surface area contributed by atoms with Gasteiger partial charge in [-0.1, -0.05) is 48.5 Å². The number of hydrogen-bond donors (Lipinski definition) is 2. The number of rotatable bonds is 7. The van der Waals surface area contributed by atoms with Gasteiger partial charge in [0, 0.05) is 25.7 Å². The fourth-order valence-electron chi connectivity index (χ4n) is 3.61. The second kappa shape index (κ2) is 9.43. The van der Waals surface area contributed by atoms with E-state index in [1.54, 1.807) is 19.2 Å². The van der Waals surface area contributed by atoms with Crippen molar-refractivity contribution in [2.75, 3.05) is 18.4 Å². The molecule has 0 unspecified atom stereocenters. The maximum absolute atomic E-state index is 13.5. The summed E-state index contributed by atoms with van der Waals surface area (Å²) >= 11 is 0. The molecule has 0 saturated carbocycles. The van der Waals surface area contributed by atoms with Gasteiger partial charge in [0.05, 0.1) is 11.3 Å². The Bertz CT molecular complexity index is 1160. The van der Waals surface area contributed by atoms with Gasteiger partial charge in [-0.25, -0.2) is 9.37 Å². The van der Waals surface area contributed by atoms with Crippen molar-refractivity contribution in [1.82, 2.24) is 14.9 Å². The van der Waals surface area contributed by atoms with Crippen LogP contribution < -0.4 is 16.2 Å². The molecule has 158 valence electrons. The third-order valence-electron chi connectivity index (χ3n) is 5.29. The van der Waals surface area contributed by atoms with Crippen molar-refractivity contribution in [3.8, 4) is 11.1 Å². The molecule has 6 heteroatoms. The predicted molar refractivity (Wildman–Crippen MR) is 123 cm³/mol. The monoisotopic (exact) mass is 416 g/mol. The van der Waals surface area contributed by atoms with E-state index in [1.807, 2.05) is 36.6 Å². The highest BCUT2D eigenvalue weighted by Crippen LogP contribution is 2.27. The first kappa shape index (κ1) is 20.6. The maximum Gasteiger partial charge on any atom is 0.263 e. The fourth-order valence-corrected chi connectivity index (χ4v) is 3.61. The van der Waals surface area contributed by atoms with E-state index < -0.39 is 0 Å². The molecule has 0 atom stereocenters. The molecule has 0 spiro atoms. The summed E-state index contributed by atoms with van der Waals surface area (Å²) in [6, 6.07) is 16.3. The Hall–Kier alpha value is -3.67. The van der Waals surface area contributed by atoms with Gasteiger partial charge in [-0.15, -0.1) is 0 Å². The molecule has 0 radical (unpaired) electrons. The lowest BCUT2D eigenvalue weighted by atomic mass is 9.99. The summed E-state index contributed by atoms with van der Waals surface area (Å²) in [5.41, 5.74) is 3.68. The Kier molecular flexibility index (Phi) is 6.26. The van der Waals surface area contributed by atoms with Gasteiger partial charge in [0.15, 0.2) is 0 Å². The average Bonchev–Trinajstić information content (AvgIpc) is 2.81. The number of nitrogens with zero attached hydrogens (tertiary/aromatic N) is 2. The number of dihydropyridines is 1. The molecule has 1 aromatic heterocycles. The molecule has 0 fully saturated rings. The second-order valence-electron chi connectivity index (χ2n) is 7.45. The molecule has 1 aliphatic heterocycles. The Morgan fingerprint density at radius 1 is 1.13 bits per heavy atom. The molecular formula is C25H25FN4O. The van der Waals surface area contributed by atoms with Gasteiger partial charge in [-0.3, -0.25) is 9.36 Å². The Labute approximate surface area is 181 Å². The quantitative estimate of drug-likeness (QED) is 0.569. The van der Waals surface area contributed by atoms with Gasteiger partial charge >= 0.3 is 0 Å². The number of aromatic nitrogens is 2. The summed E-state index contributed by atoms with van der Waals surface area (Å²) in [6.45, 7) is 1.35. The van der Waals surface area contributed by atoms with Gasteiger partial charge < -0.3 is 10.6 Å². The minimum atomic E-state index is -0.340. The van der Waals surface area contributed by atoms with Crippen LogP contribution in [-0.4, -0.2) is 22.6 Å².